The van der Waals surface area contributed by atoms with Crippen molar-refractivity contribution in [1.82, 2.24) is 0 Å². The van der Waals surface area contributed by atoms with E-state index in [-0.39, 0.29) is 0 Å². The topological polar surface area (TPSA) is 299 Å². The Balaban J connectivity index is 2.41. The van der Waals surface area contributed by atoms with Crippen LogP contribution < -0.4 is 0 Å². The van der Waals surface area contributed by atoms with Crippen LogP contribution in [-0.4, -0.2) is 177 Å². The monoisotopic (exact) mass is 504 g/mol. The largest absolute Gasteiger partial charge is 0.394 e. The van der Waals surface area contributed by atoms with Gasteiger partial charge in [0.25, 0.3) is 0 Å². The molecule has 2 fully saturated rings. The molecule has 16 heteroatoms. The van der Waals surface area contributed by atoms with Crippen molar-refractivity contribution in [2.45, 2.75) is 85.0 Å². The quantitative estimate of drug-likeness (QED) is 0.139. The van der Waals surface area contributed by atoms with Crippen LogP contribution in [0.4, 0.5) is 0 Å². The molecule has 34 heavy (non-hydrogen) atoms. The summed E-state index contributed by atoms with van der Waals surface area (Å²) in [6.07, 6.45) is -28.3. The maximum Gasteiger partial charge on any atom is 0.195 e. The highest BCUT2D eigenvalue weighted by Gasteiger charge is 2.65. The van der Waals surface area contributed by atoms with Gasteiger partial charge in [-0.05, 0) is 0 Å². The molecule has 2 saturated heterocycles. The van der Waals surface area contributed by atoms with Crippen molar-refractivity contribution >= 4 is 5.78 Å². The minimum atomic E-state index is -3.13. The Hall–Kier alpha value is -0.930. The minimum Gasteiger partial charge on any atom is -0.394 e. The van der Waals surface area contributed by atoms with Crippen LogP contribution in [0, 0.1) is 0 Å². The number of hydrogen-bond donors (Lipinski definition) is 13. The molecule has 0 aromatic rings. The maximum atomic E-state index is 12.8. The van der Waals surface area contributed by atoms with Gasteiger partial charge in [0.2, 0.25) is 0 Å². The van der Waals surface area contributed by atoms with Crippen molar-refractivity contribution in [2.24, 2.45) is 0 Å². The van der Waals surface area contributed by atoms with Crippen LogP contribution >= 0.6 is 0 Å². The van der Waals surface area contributed by atoms with Crippen LogP contribution in [0.3, 0.4) is 0 Å². The number of carbonyl (C=O) groups excluding carboxylic acids is 1. The summed E-state index contributed by atoms with van der Waals surface area (Å²) >= 11 is 0. The highest BCUT2D eigenvalue weighted by molar-refractivity contribution is 5.88. The Morgan fingerprint density at radius 2 is 1.32 bits per heavy atom. The predicted octanol–water partition coefficient (Wildman–Crippen LogP) is -8.95. The molecule has 16 nitrogen and oxygen atoms in total. The number of ketones is 1. The zero-order valence-corrected chi connectivity index (χ0v) is 17.7. The molecular weight excluding hydrogens is 472 g/mol. The second kappa shape index (κ2) is 11.4. The van der Waals surface area contributed by atoms with Crippen LogP contribution in [0.2, 0.25) is 0 Å². The van der Waals surface area contributed by atoms with E-state index in [4.69, 9.17) is 14.6 Å². The molecule has 2 aliphatic rings. The summed E-state index contributed by atoms with van der Waals surface area (Å²) in [4.78, 5) is 12.8. The third kappa shape index (κ3) is 4.99. The lowest BCUT2D eigenvalue weighted by Gasteiger charge is -2.54. The Labute approximate surface area is 192 Å². The van der Waals surface area contributed by atoms with Gasteiger partial charge in [-0.2, -0.15) is 0 Å². The summed E-state index contributed by atoms with van der Waals surface area (Å²) in [5.74, 6) is -1.61. The molecule has 0 saturated carbocycles. The highest BCUT2D eigenvalue weighted by atomic mass is 16.6. The first-order valence-corrected chi connectivity index (χ1v) is 10.3. The van der Waals surface area contributed by atoms with E-state index in [0.29, 0.717) is 0 Å². The Morgan fingerprint density at radius 3 is 1.82 bits per heavy atom. The second-order valence-corrected chi connectivity index (χ2v) is 8.38. The van der Waals surface area contributed by atoms with Gasteiger partial charge >= 0.3 is 0 Å². The molecule has 2 rings (SSSR count). The molecule has 2 heterocycles. The molecule has 0 aliphatic carbocycles. The lowest BCUT2D eigenvalue weighted by molar-refractivity contribution is -0.341. The average Bonchev–Trinajstić information content (AvgIpc) is 2.83. The summed E-state index contributed by atoms with van der Waals surface area (Å²) in [6, 6.07) is 0. The van der Waals surface area contributed by atoms with E-state index < -0.39 is 111 Å². The lowest BCUT2D eigenvalue weighted by Crippen LogP contribution is -2.78. The second-order valence-electron chi connectivity index (χ2n) is 8.38. The van der Waals surface area contributed by atoms with Crippen LogP contribution in [-0.2, 0) is 14.3 Å². The molecule has 0 radical (unpaired) electrons. The molecule has 14 atom stereocenters. The van der Waals surface area contributed by atoms with Crippen molar-refractivity contribution in [1.29, 1.82) is 0 Å². The van der Waals surface area contributed by atoms with E-state index in [9.17, 15) is 66.1 Å². The summed E-state index contributed by atoms with van der Waals surface area (Å²) in [6.45, 7) is -3.10. The number of ether oxygens (including phenoxy) is 2. The predicted molar refractivity (Wildman–Crippen MR) is 103 cm³/mol. The number of rotatable bonds is 9. The van der Waals surface area contributed by atoms with Crippen molar-refractivity contribution in [3.05, 3.63) is 0 Å². The molecule has 0 aromatic carbocycles. The van der Waals surface area contributed by atoms with Gasteiger partial charge in [0.15, 0.2) is 11.4 Å². The van der Waals surface area contributed by atoms with Crippen LogP contribution in [0.25, 0.3) is 0 Å². The zero-order valence-electron chi connectivity index (χ0n) is 17.7. The fourth-order valence-electron chi connectivity index (χ4n) is 4.10. The van der Waals surface area contributed by atoms with E-state index in [0.717, 1.165) is 0 Å². The van der Waals surface area contributed by atoms with Gasteiger partial charge in [0.05, 0.1) is 19.8 Å². The minimum absolute atomic E-state index is 0.942. The number of aliphatic hydroxyl groups excluding tert-OH is 12. The van der Waals surface area contributed by atoms with Crippen molar-refractivity contribution in [3.8, 4) is 0 Å². The smallest absolute Gasteiger partial charge is 0.195 e. The van der Waals surface area contributed by atoms with Gasteiger partial charge in [-0.15, -0.1) is 0 Å². The number of carbonyl (C=O) groups is 1. The molecular formula is C18H32O16. The third-order valence-electron chi connectivity index (χ3n) is 6.26. The van der Waals surface area contributed by atoms with E-state index in [1.807, 2.05) is 0 Å². The Bertz CT molecular complexity index is 678. The van der Waals surface area contributed by atoms with E-state index in [1.165, 1.54) is 0 Å². The zero-order chi connectivity index (χ0) is 26.1. The van der Waals surface area contributed by atoms with Crippen molar-refractivity contribution in [3.63, 3.8) is 0 Å². The Morgan fingerprint density at radius 1 is 0.765 bits per heavy atom. The molecule has 0 spiro atoms. The van der Waals surface area contributed by atoms with Gasteiger partial charge < -0.3 is 75.9 Å². The fraction of sp³-hybridized carbons (Fsp3) is 0.944. The third-order valence-corrected chi connectivity index (χ3v) is 6.26. The first kappa shape index (κ1) is 29.3. The first-order valence-electron chi connectivity index (χ1n) is 10.3. The van der Waals surface area contributed by atoms with Gasteiger partial charge in [0, 0.05) is 0 Å². The molecule has 2 aliphatic heterocycles. The SMILES string of the molecule is O=C(C1O[C@H](CO)[C@@H](O)[C@@](O)(C2O[C@H](CO)[C@H](O)[C@H](O)[C@H]2O)[C@H]1O)[C@H](O)[C@@H](O)[C@@H](O)[C@H](O)CO. The van der Waals surface area contributed by atoms with Gasteiger partial charge in [-0.25, -0.2) is 0 Å². The Kier molecular flexibility index (Phi) is 9.84. The van der Waals surface area contributed by atoms with Gasteiger partial charge in [-0.3, -0.25) is 4.79 Å². The lowest BCUT2D eigenvalue weighted by atomic mass is 9.72. The fourth-order valence-corrected chi connectivity index (χ4v) is 4.10. The summed E-state index contributed by atoms with van der Waals surface area (Å²) in [5.41, 5.74) is -3.13. The molecule has 2 unspecified atom stereocenters. The molecule has 0 bridgehead atoms. The van der Waals surface area contributed by atoms with Crippen LogP contribution in [0.15, 0.2) is 0 Å². The van der Waals surface area contributed by atoms with Gasteiger partial charge in [-0.1, -0.05) is 0 Å². The van der Waals surface area contributed by atoms with E-state index in [2.05, 4.69) is 0 Å². The summed E-state index contributed by atoms with van der Waals surface area (Å²) in [5, 5.41) is 130. The van der Waals surface area contributed by atoms with Gasteiger partial charge in [0.1, 0.15) is 79.4 Å². The summed E-state index contributed by atoms with van der Waals surface area (Å²) < 4.78 is 10.2. The highest BCUT2D eigenvalue weighted by Crippen LogP contribution is 2.39. The molecule has 13 N–H and O–H groups in total. The molecule has 0 aromatic heterocycles. The van der Waals surface area contributed by atoms with Crippen molar-refractivity contribution < 1.29 is 80.7 Å². The van der Waals surface area contributed by atoms with Crippen LogP contribution in [0.5, 0.6) is 0 Å². The number of Topliss-reactive ketones (excluding diaryl/α,β-unsaturated/α-hetero) is 1. The standard InChI is InChI=1S/C18H32O16/c19-1-4(22)7(23)9(25)11(27)12(28)14-16(31)18(32,15(30)6(3-21)33-14)17-13(29)10(26)8(24)5(2-20)34-17/h4-11,13-17,19-27,29-32H,1-3H2/t4-,5-,6-,7+,8+,9+,10+,11-,13-,14?,15-,16+,17?,18+/m1/s1. The summed E-state index contributed by atoms with van der Waals surface area (Å²) in [7, 11) is 0. The average molecular weight is 504 g/mol. The number of aliphatic hydroxyl groups is 13. The van der Waals surface area contributed by atoms with E-state index >= 15 is 0 Å². The van der Waals surface area contributed by atoms with Crippen LogP contribution in [0.1, 0.15) is 0 Å². The number of hydrogen-bond acceptors (Lipinski definition) is 16. The molecule has 200 valence electrons. The molecule has 0 amide bonds. The van der Waals surface area contributed by atoms with Crippen molar-refractivity contribution in [2.75, 3.05) is 19.8 Å². The van der Waals surface area contributed by atoms with E-state index in [1.54, 1.807) is 0 Å². The maximum absolute atomic E-state index is 12.8. The first-order chi connectivity index (χ1) is 15.8. The normalized spacial score (nSPS) is 44.8.